The van der Waals surface area contributed by atoms with Crippen molar-refractivity contribution < 1.29 is 0 Å². The smallest absolute Gasteiger partial charge is 0.220 e. The van der Waals surface area contributed by atoms with E-state index in [0.717, 1.165) is 38.1 Å². The van der Waals surface area contributed by atoms with Gasteiger partial charge in [-0.05, 0) is 55.5 Å². The molecule has 0 aromatic carbocycles. The largest absolute Gasteiger partial charge is 0.368 e. The SMILES string of the molecule is Nc1ncc2c(n1)C1(CCCN(Cc3ccn4ncnc4c3)C1)CC2. The fourth-order valence-corrected chi connectivity index (χ4v) is 4.53. The maximum absolute atomic E-state index is 5.87. The Morgan fingerprint density at radius 1 is 1.24 bits per heavy atom. The number of piperidine rings is 1. The molecular formula is C18H21N7. The number of nitrogens with two attached hydrogens (primary N) is 1. The first-order valence-electron chi connectivity index (χ1n) is 8.84. The van der Waals surface area contributed by atoms with Crippen LogP contribution in [-0.4, -0.2) is 42.6 Å². The Kier molecular flexibility index (Phi) is 3.24. The van der Waals surface area contributed by atoms with Gasteiger partial charge in [0.05, 0.1) is 5.69 Å². The van der Waals surface area contributed by atoms with E-state index in [9.17, 15) is 0 Å². The normalized spacial score (nSPS) is 23.4. The lowest BCUT2D eigenvalue weighted by atomic mass is 9.77. The van der Waals surface area contributed by atoms with Gasteiger partial charge in [0.25, 0.3) is 0 Å². The molecule has 1 spiro atoms. The standard InChI is InChI=1S/C18H21N7/c19-17-20-9-14-2-5-18(16(14)23-17)4-1-6-24(11-18)10-13-3-7-25-15(8-13)21-12-22-25/h3,7-9,12H,1-2,4-6,10-11H2,(H2,19,20,23). The second-order valence-corrected chi connectivity index (χ2v) is 7.29. The minimum absolute atomic E-state index is 0.142. The van der Waals surface area contributed by atoms with Crippen molar-refractivity contribution in [1.82, 2.24) is 29.5 Å². The molecule has 0 amide bonds. The molecule has 1 saturated heterocycles. The Morgan fingerprint density at radius 3 is 3.16 bits per heavy atom. The number of aromatic nitrogens is 5. The average molecular weight is 335 g/mol. The fraction of sp³-hybridized carbons (Fsp3) is 0.444. The number of rotatable bonds is 2. The van der Waals surface area contributed by atoms with E-state index in [1.165, 1.54) is 29.7 Å². The van der Waals surface area contributed by atoms with Gasteiger partial charge in [-0.25, -0.2) is 19.5 Å². The van der Waals surface area contributed by atoms with Crippen LogP contribution in [0.25, 0.3) is 5.65 Å². The Labute approximate surface area is 145 Å². The first kappa shape index (κ1) is 14.8. The van der Waals surface area contributed by atoms with Gasteiger partial charge >= 0.3 is 0 Å². The van der Waals surface area contributed by atoms with Crippen LogP contribution in [0.2, 0.25) is 0 Å². The Bertz CT molecular complexity index is 930. The highest BCUT2D eigenvalue weighted by atomic mass is 15.3. The summed E-state index contributed by atoms with van der Waals surface area (Å²) >= 11 is 0. The second kappa shape index (κ2) is 5.49. The quantitative estimate of drug-likeness (QED) is 0.765. The van der Waals surface area contributed by atoms with Gasteiger partial charge in [-0.1, -0.05) is 0 Å². The minimum atomic E-state index is 0.142. The second-order valence-electron chi connectivity index (χ2n) is 7.29. The van der Waals surface area contributed by atoms with E-state index in [-0.39, 0.29) is 5.41 Å². The van der Waals surface area contributed by atoms with Crippen LogP contribution in [0.5, 0.6) is 0 Å². The number of nitrogen functional groups attached to an aromatic ring is 1. The van der Waals surface area contributed by atoms with Crippen molar-refractivity contribution in [1.29, 1.82) is 0 Å². The topological polar surface area (TPSA) is 85.2 Å². The van der Waals surface area contributed by atoms with Gasteiger partial charge in [0.1, 0.15) is 6.33 Å². The van der Waals surface area contributed by atoms with Gasteiger partial charge < -0.3 is 5.73 Å². The highest BCUT2D eigenvalue weighted by molar-refractivity contribution is 5.40. The van der Waals surface area contributed by atoms with Crippen molar-refractivity contribution in [2.24, 2.45) is 0 Å². The molecule has 3 aromatic rings. The summed E-state index contributed by atoms with van der Waals surface area (Å²) in [6.45, 7) is 3.09. The fourth-order valence-electron chi connectivity index (χ4n) is 4.53. The van der Waals surface area contributed by atoms with Gasteiger partial charge in [0.2, 0.25) is 5.95 Å². The number of anilines is 1. The number of aryl methyl sites for hydroxylation is 1. The van der Waals surface area contributed by atoms with E-state index in [0.29, 0.717) is 5.95 Å². The van der Waals surface area contributed by atoms with Gasteiger partial charge in [-0.2, -0.15) is 5.10 Å². The molecule has 1 fully saturated rings. The Morgan fingerprint density at radius 2 is 2.20 bits per heavy atom. The summed E-state index contributed by atoms with van der Waals surface area (Å²) in [5.41, 5.74) is 10.7. The number of hydrogen-bond acceptors (Lipinski definition) is 6. The average Bonchev–Trinajstić information content (AvgIpc) is 3.20. The molecule has 1 atom stereocenters. The molecule has 2 N–H and O–H groups in total. The molecule has 3 aromatic heterocycles. The Balaban J connectivity index is 1.41. The molecule has 2 aliphatic rings. The summed E-state index contributed by atoms with van der Waals surface area (Å²) in [5, 5.41) is 4.16. The van der Waals surface area contributed by atoms with E-state index in [1.807, 2.05) is 12.4 Å². The molecular weight excluding hydrogens is 314 g/mol. The third-order valence-electron chi connectivity index (χ3n) is 5.67. The van der Waals surface area contributed by atoms with Crippen LogP contribution in [0, 0.1) is 0 Å². The van der Waals surface area contributed by atoms with Gasteiger partial charge in [0.15, 0.2) is 5.65 Å². The maximum atomic E-state index is 5.87. The third-order valence-corrected chi connectivity index (χ3v) is 5.67. The van der Waals surface area contributed by atoms with E-state index in [1.54, 1.807) is 10.8 Å². The molecule has 0 bridgehead atoms. The number of likely N-dealkylation sites (tertiary alicyclic amines) is 1. The van der Waals surface area contributed by atoms with Crippen LogP contribution in [0.4, 0.5) is 5.95 Å². The van der Waals surface area contributed by atoms with Crippen molar-refractivity contribution in [3.8, 4) is 0 Å². The molecule has 0 saturated carbocycles. The van der Waals surface area contributed by atoms with Crippen LogP contribution < -0.4 is 5.73 Å². The predicted octanol–water partition coefficient (Wildman–Crippen LogP) is 1.58. The molecule has 25 heavy (non-hydrogen) atoms. The molecule has 1 aliphatic carbocycles. The summed E-state index contributed by atoms with van der Waals surface area (Å²) in [6, 6.07) is 4.25. The molecule has 7 nitrogen and oxygen atoms in total. The maximum Gasteiger partial charge on any atom is 0.220 e. The van der Waals surface area contributed by atoms with Crippen molar-refractivity contribution in [2.45, 2.75) is 37.6 Å². The predicted molar refractivity (Wildman–Crippen MR) is 93.9 cm³/mol. The van der Waals surface area contributed by atoms with Gasteiger partial charge in [-0.3, -0.25) is 4.90 Å². The molecule has 4 heterocycles. The molecule has 128 valence electrons. The van der Waals surface area contributed by atoms with E-state index in [2.05, 4.69) is 37.1 Å². The monoisotopic (exact) mass is 335 g/mol. The summed E-state index contributed by atoms with van der Waals surface area (Å²) in [6.07, 6.45) is 10.1. The Hall–Kier alpha value is -2.54. The lowest BCUT2D eigenvalue weighted by Gasteiger charge is -2.40. The lowest BCUT2D eigenvalue weighted by Crippen LogP contribution is -2.45. The van der Waals surface area contributed by atoms with Crippen LogP contribution in [0.15, 0.2) is 30.9 Å². The van der Waals surface area contributed by atoms with Crippen LogP contribution in [0.1, 0.15) is 36.1 Å². The number of nitrogens with zero attached hydrogens (tertiary/aromatic N) is 6. The van der Waals surface area contributed by atoms with E-state index >= 15 is 0 Å². The van der Waals surface area contributed by atoms with Gasteiger partial charge in [-0.15, -0.1) is 0 Å². The molecule has 0 radical (unpaired) electrons. The van der Waals surface area contributed by atoms with E-state index < -0.39 is 0 Å². The van der Waals surface area contributed by atoms with Crippen molar-refractivity contribution in [3.05, 3.63) is 47.7 Å². The first-order chi connectivity index (χ1) is 12.2. The van der Waals surface area contributed by atoms with Crippen LogP contribution in [-0.2, 0) is 18.4 Å². The van der Waals surface area contributed by atoms with Gasteiger partial charge in [0, 0.05) is 30.9 Å². The zero-order valence-corrected chi connectivity index (χ0v) is 14.1. The molecule has 5 rings (SSSR count). The number of pyridine rings is 1. The summed E-state index contributed by atoms with van der Waals surface area (Å²) in [7, 11) is 0. The number of fused-ring (bicyclic) bond motifs is 3. The highest BCUT2D eigenvalue weighted by Gasteiger charge is 2.43. The first-order valence-corrected chi connectivity index (χ1v) is 8.84. The molecule has 1 unspecified atom stereocenters. The highest BCUT2D eigenvalue weighted by Crippen LogP contribution is 2.44. The van der Waals surface area contributed by atoms with E-state index in [4.69, 9.17) is 5.73 Å². The zero-order chi connectivity index (χ0) is 16.9. The summed E-state index contributed by atoms with van der Waals surface area (Å²) in [5.74, 6) is 0.398. The minimum Gasteiger partial charge on any atom is -0.368 e. The van der Waals surface area contributed by atoms with Crippen LogP contribution >= 0.6 is 0 Å². The summed E-state index contributed by atoms with van der Waals surface area (Å²) < 4.78 is 1.80. The lowest BCUT2D eigenvalue weighted by molar-refractivity contribution is 0.137. The molecule has 7 heteroatoms. The molecule has 1 aliphatic heterocycles. The summed E-state index contributed by atoms with van der Waals surface area (Å²) in [4.78, 5) is 15.6. The number of hydrogen-bond donors (Lipinski definition) is 1. The van der Waals surface area contributed by atoms with Crippen LogP contribution in [0.3, 0.4) is 0 Å². The zero-order valence-electron chi connectivity index (χ0n) is 14.1. The van der Waals surface area contributed by atoms with Crippen molar-refractivity contribution >= 4 is 11.6 Å². The van der Waals surface area contributed by atoms with Crippen molar-refractivity contribution in [2.75, 3.05) is 18.8 Å². The third kappa shape index (κ3) is 2.46. The van der Waals surface area contributed by atoms with Crippen molar-refractivity contribution in [3.63, 3.8) is 0 Å².